The highest BCUT2D eigenvalue weighted by atomic mass is 16.5. The average molecular weight is 462 g/mol. The van der Waals surface area contributed by atoms with Gasteiger partial charge in [-0.3, -0.25) is 4.79 Å². The fourth-order valence-electron chi connectivity index (χ4n) is 4.56. The second-order valence-corrected chi connectivity index (χ2v) is 8.43. The molecule has 5 N–H and O–H groups in total. The van der Waals surface area contributed by atoms with E-state index in [2.05, 4.69) is 9.88 Å². The third-order valence-electron chi connectivity index (χ3n) is 6.25. The summed E-state index contributed by atoms with van der Waals surface area (Å²) in [5, 5.41) is 2.05. The Morgan fingerprint density at radius 1 is 1.12 bits per heavy atom. The maximum Gasteiger partial charge on any atom is 0.338 e. The lowest BCUT2D eigenvalue weighted by molar-refractivity contribution is 0.0479. The summed E-state index contributed by atoms with van der Waals surface area (Å²) in [6.07, 6.45) is 2.30. The van der Waals surface area contributed by atoms with Crippen LogP contribution in [0, 0.1) is 0 Å². The lowest BCUT2D eigenvalue weighted by Gasteiger charge is -2.28. The molecule has 0 saturated carbocycles. The molecule has 0 amide bonds. The van der Waals surface area contributed by atoms with Crippen LogP contribution in [-0.4, -0.2) is 48.9 Å². The van der Waals surface area contributed by atoms with Gasteiger partial charge in [0.1, 0.15) is 5.82 Å². The van der Waals surface area contributed by atoms with Crippen LogP contribution in [0.5, 0.6) is 0 Å². The van der Waals surface area contributed by atoms with E-state index in [0.29, 0.717) is 73.6 Å². The fourth-order valence-corrected chi connectivity index (χ4v) is 4.56. The van der Waals surface area contributed by atoms with Gasteiger partial charge < -0.3 is 30.1 Å². The topological polar surface area (TPSA) is 127 Å². The molecule has 34 heavy (non-hydrogen) atoms. The van der Waals surface area contributed by atoms with E-state index in [-0.39, 0.29) is 11.4 Å². The van der Waals surface area contributed by atoms with E-state index in [1.54, 1.807) is 24.4 Å². The number of hydrogen-bond donors (Lipinski definition) is 3. The van der Waals surface area contributed by atoms with Crippen LogP contribution in [0.3, 0.4) is 0 Å². The summed E-state index contributed by atoms with van der Waals surface area (Å²) in [4.78, 5) is 30.4. The van der Waals surface area contributed by atoms with Crippen molar-refractivity contribution in [1.82, 2.24) is 9.99 Å². The van der Waals surface area contributed by atoms with Gasteiger partial charge in [0.05, 0.1) is 43.1 Å². The minimum atomic E-state index is -0.308. The number of aromatic amines is 1. The fraction of sp³-hybridized carbons (Fsp3) is 0.280. The number of pyridine rings is 1. The van der Waals surface area contributed by atoms with Crippen molar-refractivity contribution in [2.24, 2.45) is 11.6 Å². The third-order valence-corrected chi connectivity index (χ3v) is 6.25. The number of carbonyl (C=O) groups excluding carboxylic acids is 1. The number of ether oxygens (including phenoxy) is 2. The number of aromatic nitrogens is 1. The lowest BCUT2D eigenvalue weighted by atomic mass is 9.96. The van der Waals surface area contributed by atoms with E-state index in [1.807, 2.05) is 24.3 Å². The predicted molar refractivity (Wildman–Crippen MR) is 130 cm³/mol. The number of nitrogens with one attached hydrogen (secondary N) is 1. The van der Waals surface area contributed by atoms with Gasteiger partial charge in [-0.25, -0.2) is 10.6 Å². The van der Waals surface area contributed by atoms with Crippen molar-refractivity contribution in [2.75, 3.05) is 37.8 Å². The zero-order valence-corrected chi connectivity index (χ0v) is 18.8. The molecule has 0 spiro atoms. The van der Waals surface area contributed by atoms with Gasteiger partial charge in [-0.1, -0.05) is 24.3 Å². The number of benzene rings is 2. The largest absolute Gasteiger partial charge is 0.462 e. The van der Waals surface area contributed by atoms with Gasteiger partial charge in [-0.2, -0.15) is 0 Å². The van der Waals surface area contributed by atoms with Crippen molar-refractivity contribution in [3.63, 3.8) is 0 Å². The van der Waals surface area contributed by atoms with Crippen LogP contribution in [0.15, 0.2) is 53.5 Å². The number of hydrogen-bond acceptors (Lipinski definition) is 8. The van der Waals surface area contributed by atoms with Crippen molar-refractivity contribution in [3.05, 3.63) is 81.1 Å². The zero-order chi connectivity index (χ0) is 23.7. The molecule has 0 unspecified atom stereocenters. The van der Waals surface area contributed by atoms with Gasteiger partial charge in [0, 0.05) is 42.7 Å². The number of esters is 1. The highest BCUT2D eigenvalue weighted by Gasteiger charge is 2.21. The standard InChI is InChI=1S/C25H27N5O4/c26-21(15-30(27)14-16-3-1-4-18-17(16)7-10-34-25(18)32)19-5-2-6-20-22(31)13-23(28-24(19)20)29-8-11-33-12-9-29/h1-6,13,15H,7-12,14,26-27H2,(H,28,31)/b21-15-. The highest BCUT2D eigenvalue weighted by Crippen LogP contribution is 2.24. The number of nitrogens with zero attached hydrogens (tertiary/aromatic N) is 2. The number of morpholine rings is 1. The molecule has 9 heteroatoms. The Bertz CT molecular complexity index is 1330. The molecule has 0 aliphatic carbocycles. The molecule has 3 heterocycles. The van der Waals surface area contributed by atoms with Crippen LogP contribution in [0.1, 0.15) is 27.0 Å². The number of rotatable bonds is 5. The summed E-state index contributed by atoms with van der Waals surface area (Å²) >= 11 is 0. The molecular weight excluding hydrogens is 434 g/mol. The number of nitrogens with two attached hydrogens (primary N) is 2. The molecule has 1 aromatic heterocycles. The average Bonchev–Trinajstić information content (AvgIpc) is 2.85. The van der Waals surface area contributed by atoms with Crippen molar-refractivity contribution in [3.8, 4) is 0 Å². The van der Waals surface area contributed by atoms with Crippen LogP contribution in [0.25, 0.3) is 16.6 Å². The van der Waals surface area contributed by atoms with E-state index in [0.717, 1.165) is 16.9 Å². The summed E-state index contributed by atoms with van der Waals surface area (Å²) in [6.45, 7) is 3.39. The summed E-state index contributed by atoms with van der Waals surface area (Å²) in [7, 11) is 0. The van der Waals surface area contributed by atoms with E-state index in [4.69, 9.17) is 21.1 Å². The molecule has 0 atom stereocenters. The Balaban J connectivity index is 1.46. The van der Waals surface area contributed by atoms with Gasteiger partial charge in [-0.05, 0) is 23.3 Å². The number of cyclic esters (lactones) is 1. The monoisotopic (exact) mass is 461 g/mol. The summed E-state index contributed by atoms with van der Waals surface area (Å²) < 4.78 is 10.6. The minimum Gasteiger partial charge on any atom is -0.462 e. The molecule has 2 aliphatic rings. The molecule has 3 aromatic rings. The van der Waals surface area contributed by atoms with Gasteiger partial charge >= 0.3 is 5.97 Å². The van der Waals surface area contributed by atoms with E-state index in [9.17, 15) is 9.59 Å². The summed E-state index contributed by atoms with van der Waals surface area (Å²) in [6, 6.07) is 12.6. The first kappa shape index (κ1) is 22.0. The SMILES string of the molecule is N/C(=C\N(N)Cc1cccc2c1CCOC2=O)c1cccc2c(=O)cc(N3CCOCC3)[nH]c12. The van der Waals surface area contributed by atoms with Crippen molar-refractivity contribution < 1.29 is 14.3 Å². The Morgan fingerprint density at radius 2 is 1.91 bits per heavy atom. The van der Waals surface area contributed by atoms with E-state index >= 15 is 0 Å². The zero-order valence-electron chi connectivity index (χ0n) is 18.8. The van der Waals surface area contributed by atoms with Crippen LogP contribution < -0.4 is 21.9 Å². The third kappa shape index (κ3) is 4.23. The first-order valence-electron chi connectivity index (χ1n) is 11.3. The summed E-state index contributed by atoms with van der Waals surface area (Å²) in [5.74, 6) is 6.74. The summed E-state index contributed by atoms with van der Waals surface area (Å²) in [5.41, 5.74) is 10.6. The number of anilines is 1. The highest BCUT2D eigenvalue weighted by molar-refractivity contribution is 5.92. The predicted octanol–water partition coefficient (Wildman–Crippen LogP) is 1.71. The van der Waals surface area contributed by atoms with Gasteiger partial charge in [-0.15, -0.1) is 0 Å². The molecular formula is C25H27N5O4. The smallest absolute Gasteiger partial charge is 0.338 e. The molecule has 2 aliphatic heterocycles. The second-order valence-electron chi connectivity index (χ2n) is 8.43. The minimum absolute atomic E-state index is 0.0719. The van der Waals surface area contributed by atoms with Crippen LogP contribution in [0.4, 0.5) is 5.82 Å². The Hall–Kier alpha value is -3.82. The maximum atomic E-state index is 12.8. The molecule has 5 rings (SSSR count). The lowest BCUT2D eigenvalue weighted by Crippen LogP contribution is -2.37. The number of para-hydroxylation sites is 1. The molecule has 1 fully saturated rings. The second kappa shape index (κ2) is 9.20. The molecule has 0 bridgehead atoms. The first-order valence-corrected chi connectivity index (χ1v) is 11.3. The van der Waals surface area contributed by atoms with Crippen molar-refractivity contribution in [1.29, 1.82) is 0 Å². The maximum absolute atomic E-state index is 12.8. The molecule has 2 aromatic carbocycles. The Kier molecular flexibility index (Phi) is 5.95. The van der Waals surface area contributed by atoms with Gasteiger partial charge in [0.2, 0.25) is 0 Å². The van der Waals surface area contributed by atoms with Crippen molar-refractivity contribution in [2.45, 2.75) is 13.0 Å². The normalized spacial score (nSPS) is 16.3. The number of H-pyrrole nitrogens is 1. The van der Waals surface area contributed by atoms with E-state index in [1.165, 1.54) is 5.01 Å². The molecule has 9 nitrogen and oxygen atoms in total. The van der Waals surface area contributed by atoms with Gasteiger partial charge in [0.15, 0.2) is 5.43 Å². The number of carbonyl (C=O) groups is 1. The quantitative estimate of drug-likeness (QED) is 0.298. The van der Waals surface area contributed by atoms with Crippen LogP contribution in [0.2, 0.25) is 0 Å². The molecule has 1 saturated heterocycles. The molecule has 176 valence electrons. The van der Waals surface area contributed by atoms with Crippen LogP contribution in [-0.2, 0) is 22.4 Å². The first-order chi connectivity index (χ1) is 16.5. The Morgan fingerprint density at radius 3 is 2.74 bits per heavy atom. The Labute approximate surface area is 196 Å². The molecule has 0 radical (unpaired) electrons. The van der Waals surface area contributed by atoms with Crippen molar-refractivity contribution >= 4 is 28.4 Å². The van der Waals surface area contributed by atoms with Gasteiger partial charge in [0.25, 0.3) is 0 Å². The number of fused-ring (bicyclic) bond motifs is 2. The van der Waals surface area contributed by atoms with E-state index < -0.39 is 0 Å². The number of hydrazine groups is 1. The van der Waals surface area contributed by atoms with Crippen LogP contribution >= 0.6 is 0 Å².